The Bertz CT molecular complexity index is 140. The van der Waals surface area contributed by atoms with Gasteiger partial charge in [-0.25, -0.2) is 4.79 Å². The van der Waals surface area contributed by atoms with Gasteiger partial charge in [-0.1, -0.05) is 0 Å². The Labute approximate surface area is 60.7 Å². The summed E-state index contributed by atoms with van der Waals surface area (Å²) in [4.78, 5) is 9.61. The first kappa shape index (κ1) is 7.16. The van der Waals surface area contributed by atoms with E-state index in [1.807, 2.05) is 0 Å². The average Bonchev–Trinajstić information content (AvgIpc) is 2.13. The quantitative estimate of drug-likeness (QED) is 0.353. The number of carbonyl (C=O) groups excluding carboxylic acids is 1. The number of ether oxygens (including phenoxy) is 2. The van der Waals surface area contributed by atoms with Gasteiger partial charge in [0.1, 0.15) is 6.61 Å². The van der Waals surface area contributed by atoms with Crippen molar-refractivity contribution < 1.29 is 14.3 Å². The van der Waals surface area contributed by atoms with Crippen molar-refractivity contribution in [3.8, 4) is 0 Å². The first-order valence-electron chi connectivity index (χ1n) is 2.44. The van der Waals surface area contributed by atoms with Crippen LogP contribution in [-0.2, 0) is 9.47 Å². The van der Waals surface area contributed by atoms with Gasteiger partial charge in [0.25, 0.3) is 0 Å². The molecule has 52 valence electrons. The first-order valence-corrected chi connectivity index (χ1v) is 3.71. The zero-order chi connectivity index (χ0) is 6.91. The Morgan fingerprint density at radius 2 is 2.56 bits per heavy atom. The van der Waals surface area contributed by atoms with E-state index in [1.54, 1.807) is 0 Å². The second kappa shape index (κ2) is 2.35. The highest BCUT2D eigenvalue weighted by molar-refractivity contribution is 7.82. The molecule has 0 radical (unpaired) electrons. The molecule has 0 aromatic heterocycles. The molecule has 0 N–H and O–H groups in total. The summed E-state index contributed by atoms with van der Waals surface area (Å²) in [7, 11) is 2.44. The molecule has 1 saturated heterocycles. The number of rotatable bonds is 1. The van der Waals surface area contributed by atoms with E-state index in [-0.39, 0.29) is 6.61 Å². The lowest BCUT2D eigenvalue weighted by molar-refractivity contribution is 0.116. The number of hydrogen-bond acceptors (Lipinski definition) is 4. The van der Waals surface area contributed by atoms with Crippen molar-refractivity contribution in [1.82, 2.24) is 0 Å². The molecule has 1 heterocycles. The van der Waals surface area contributed by atoms with Crippen LogP contribution < -0.4 is 0 Å². The van der Waals surface area contributed by atoms with Crippen LogP contribution in [0.2, 0.25) is 0 Å². The van der Waals surface area contributed by atoms with Crippen molar-refractivity contribution >= 4 is 28.0 Å². The van der Waals surface area contributed by atoms with E-state index in [0.29, 0.717) is 6.16 Å². The lowest BCUT2D eigenvalue weighted by Gasteiger charge is -2.13. The third-order valence-electron chi connectivity index (χ3n) is 1.01. The van der Waals surface area contributed by atoms with Gasteiger partial charge in [-0.15, -0.1) is 21.9 Å². The maximum absolute atomic E-state index is 10.3. The SMILES string of the molecule is O=C1OCC(S)(CP)O1. The monoisotopic (exact) mass is 166 g/mol. The largest absolute Gasteiger partial charge is 0.509 e. The normalized spacial score (nSPS) is 33.8. The zero-order valence-corrected chi connectivity index (χ0v) is 6.71. The van der Waals surface area contributed by atoms with Crippen LogP contribution in [0.1, 0.15) is 0 Å². The first-order chi connectivity index (χ1) is 4.16. The average molecular weight is 166 g/mol. The molecule has 1 aliphatic rings. The van der Waals surface area contributed by atoms with Crippen LogP contribution in [0.15, 0.2) is 0 Å². The van der Waals surface area contributed by atoms with E-state index in [2.05, 4.69) is 31.3 Å². The van der Waals surface area contributed by atoms with E-state index in [9.17, 15) is 4.79 Å². The van der Waals surface area contributed by atoms with Gasteiger partial charge in [0.05, 0.1) is 0 Å². The summed E-state index contributed by atoms with van der Waals surface area (Å²) in [6.45, 7) is 0.235. The van der Waals surface area contributed by atoms with Crippen LogP contribution in [0.4, 0.5) is 4.79 Å². The molecule has 0 aromatic rings. The molecule has 0 spiro atoms. The minimum atomic E-state index is -0.707. The van der Waals surface area contributed by atoms with Gasteiger partial charge in [-0.2, -0.15) is 0 Å². The molecular weight excluding hydrogens is 159 g/mol. The van der Waals surface area contributed by atoms with Gasteiger partial charge in [0.2, 0.25) is 0 Å². The van der Waals surface area contributed by atoms with E-state index >= 15 is 0 Å². The summed E-state index contributed by atoms with van der Waals surface area (Å²) in [6, 6.07) is 0. The molecule has 0 bridgehead atoms. The van der Waals surface area contributed by atoms with Gasteiger partial charge in [0.15, 0.2) is 4.93 Å². The van der Waals surface area contributed by atoms with Gasteiger partial charge in [-0.05, 0) is 0 Å². The summed E-state index contributed by atoms with van der Waals surface area (Å²) in [5.74, 6) is 0. The van der Waals surface area contributed by atoms with Gasteiger partial charge >= 0.3 is 6.16 Å². The molecule has 9 heavy (non-hydrogen) atoms. The molecule has 1 aliphatic heterocycles. The van der Waals surface area contributed by atoms with Gasteiger partial charge in [-0.3, -0.25) is 0 Å². The highest BCUT2D eigenvalue weighted by Gasteiger charge is 2.37. The fourth-order valence-corrected chi connectivity index (χ4v) is 0.827. The Morgan fingerprint density at radius 1 is 1.89 bits per heavy atom. The summed E-state index contributed by atoms with van der Waals surface area (Å²) in [5.41, 5.74) is 0. The summed E-state index contributed by atoms with van der Waals surface area (Å²) >= 11 is 4.05. The third-order valence-corrected chi connectivity index (χ3v) is 2.41. The van der Waals surface area contributed by atoms with E-state index in [0.717, 1.165) is 0 Å². The molecule has 2 unspecified atom stereocenters. The molecule has 0 amide bonds. The molecule has 0 saturated carbocycles. The minimum Gasteiger partial charge on any atom is -0.429 e. The fraction of sp³-hybridized carbons (Fsp3) is 0.750. The predicted molar refractivity (Wildman–Crippen MR) is 38.7 cm³/mol. The van der Waals surface area contributed by atoms with Crippen LogP contribution in [0.5, 0.6) is 0 Å². The molecule has 3 nitrogen and oxygen atoms in total. The number of carbonyl (C=O) groups is 1. The summed E-state index contributed by atoms with van der Waals surface area (Å²) in [6.07, 6.45) is -0.0468. The number of thiol groups is 1. The van der Waals surface area contributed by atoms with Crippen LogP contribution in [-0.4, -0.2) is 23.9 Å². The number of cyclic esters (lactones) is 2. The molecule has 1 fully saturated rings. The Hall–Kier alpha value is 0.0500. The van der Waals surface area contributed by atoms with E-state index < -0.39 is 11.1 Å². The summed E-state index contributed by atoms with van der Waals surface area (Å²) < 4.78 is 9.19. The topological polar surface area (TPSA) is 35.5 Å². The Balaban J connectivity index is 2.54. The highest BCUT2D eigenvalue weighted by atomic mass is 32.1. The van der Waals surface area contributed by atoms with Crippen molar-refractivity contribution in [2.24, 2.45) is 0 Å². The lowest BCUT2D eigenvalue weighted by atomic mass is 10.4. The van der Waals surface area contributed by atoms with Gasteiger partial charge in [0, 0.05) is 6.16 Å². The highest BCUT2D eigenvalue weighted by Crippen LogP contribution is 2.25. The van der Waals surface area contributed by atoms with Crippen molar-refractivity contribution in [2.45, 2.75) is 4.93 Å². The maximum atomic E-state index is 10.3. The Kier molecular flexibility index (Phi) is 1.87. The second-order valence-corrected chi connectivity index (χ2v) is 3.01. The molecule has 1 rings (SSSR count). The second-order valence-electron chi connectivity index (χ2n) is 1.79. The van der Waals surface area contributed by atoms with Gasteiger partial charge < -0.3 is 9.47 Å². The Morgan fingerprint density at radius 3 is 2.78 bits per heavy atom. The predicted octanol–water partition coefficient (Wildman–Crippen LogP) is 0.654. The third kappa shape index (κ3) is 1.49. The molecule has 2 atom stereocenters. The van der Waals surface area contributed by atoms with Crippen molar-refractivity contribution in [3.63, 3.8) is 0 Å². The zero-order valence-electron chi connectivity index (χ0n) is 4.66. The molecule has 0 aliphatic carbocycles. The van der Waals surface area contributed by atoms with Crippen molar-refractivity contribution in [3.05, 3.63) is 0 Å². The van der Waals surface area contributed by atoms with E-state index in [4.69, 9.17) is 0 Å². The van der Waals surface area contributed by atoms with Crippen LogP contribution in [0, 0.1) is 0 Å². The van der Waals surface area contributed by atoms with Crippen LogP contribution in [0.3, 0.4) is 0 Å². The van der Waals surface area contributed by atoms with Crippen LogP contribution in [0.25, 0.3) is 0 Å². The fourth-order valence-electron chi connectivity index (χ4n) is 0.486. The lowest BCUT2D eigenvalue weighted by Crippen LogP contribution is -2.25. The van der Waals surface area contributed by atoms with Crippen molar-refractivity contribution in [2.75, 3.05) is 12.8 Å². The number of hydrogen-bond donors (Lipinski definition) is 1. The van der Waals surface area contributed by atoms with Crippen LogP contribution >= 0.6 is 21.9 Å². The smallest absolute Gasteiger partial charge is 0.429 e. The summed E-state index contributed by atoms with van der Waals surface area (Å²) in [5, 5.41) is 0. The molecule has 0 aromatic carbocycles. The molecule has 5 heteroatoms. The molecular formula is C4H7O3PS. The van der Waals surface area contributed by atoms with E-state index in [1.165, 1.54) is 0 Å². The standard InChI is InChI=1S/C4H7O3PS/c5-3-6-1-4(9,2-8)7-3/h9H,1-2,8H2. The maximum Gasteiger partial charge on any atom is 0.509 e. The minimum absolute atomic E-state index is 0.235. The van der Waals surface area contributed by atoms with Crippen molar-refractivity contribution in [1.29, 1.82) is 0 Å².